The van der Waals surface area contributed by atoms with Crippen LogP contribution in [0.4, 0.5) is 10.1 Å². The molecule has 2 N–H and O–H groups in total. The number of benzene rings is 2. The van der Waals surface area contributed by atoms with E-state index < -0.39 is 0 Å². The third-order valence-electron chi connectivity index (χ3n) is 3.84. The highest BCUT2D eigenvalue weighted by Crippen LogP contribution is 2.26. The van der Waals surface area contributed by atoms with Crippen molar-refractivity contribution in [2.75, 3.05) is 5.32 Å². The van der Waals surface area contributed by atoms with Crippen LogP contribution in [0.1, 0.15) is 36.6 Å². The zero-order chi connectivity index (χ0) is 17.0. The highest BCUT2D eigenvalue weighted by atomic mass is 32.1. The van der Waals surface area contributed by atoms with Crippen LogP contribution in [0.5, 0.6) is 0 Å². The van der Waals surface area contributed by atoms with Gasteiger partial charge >= 0.3 is 0 Å². The first kappa shape index (κ1) is 17.4. The lowest BCUT2D eigenvalue weighted by Crippen LogP contribution is -2.35. The Hall–Kier alpha value is -1.94. The van der Waals surface area contributed by atoms with E-state index in [-0.39, 0.29) is 11.9 Å². The van der Waals surface area contributed by atoms with Crippen LogP contribution in [-0.4, -0.2) is 5.11 Å². The minimum atomic E-state index is -0.315. The van der Waals surface area contributed by atoms with Crippen LogP contribution in [0.3, 0.4) is 0 Å². The third-order valence-corrected chi connectivity index (χ3v) is 4.06. The van der Waals surface area contributed by atoms with Crippen LogP contribution in [0.15, 0.2) is 42.5 Å². The fraction of sp³-hybridized carbons (Fsp3) is 0.316. The molecule has 4 heteroatoms. The number of nitrogens with one attached hydrogen (secondary N) is 2. The van der Waals surface area contributed by atoms with E-state index in [0.29, 0.717) is 16.7 Å². The Bertz CT molecular complexity index is 698. The van der Waals surface area contributed by atoms with Crippen molar-refractivity contribution in [3.05, 3.63) is 65.0 Å². The van der Waals surface area contributed by atoms with E-state index in [1.807, 2.05) is 0 Å². The molecule has 0 amide bonds. The average Bonchev–Trinajstić information content (AvgIpc) is 2.48. The Morgan fingerprint density at radius 2 is 1.78 bits per heavy atom. The molecule has 0 saturated carbocycles. The summed E-state index contributed by atoms with van der Waals surface area (Å²) in [5.74, 6) is 0.0287. The molecule has 0 aliphatic carbocycles. The van der Waals surface area contributed by atoms with Crippen molar-refractivity contribution >= 4 is 23.0 Å². The number of hydrogen-bond donors (Lipinski definition) is 2. The number of rotatable bonds is 4. The molecule has 0 bridgehead atoms. The predicted molar refractivity (Wildman–Crippen MR) is 99.3 cm³/mol. The second-order valence-corrected chi connectivity index (χ2v) is 6.57. The summed E-state index contributed by atoms with van der Waals surface area (Å²) in [7, 11) is 0. The minimum absolute atomic E-state index is 0.0716. The summed E-state index contributed by atoms with van der Waals surface area (Å²) in [4.78, 5) is 0. The lowest BCUT2D eigenvalue weighted by molar-refractivity contribution is 0.471. The van der Waals surface area contributed by atoms with Crippen molar-refractivity contribution in [3.63, 3.8) is 0 Å². The van der Waals surface area contributed by atoms with Crippen molar-refractivity contribution in [1.29, 1.82) is 0 Å². The van der Waals surface area contributed by atoms with Gasteiger partial charge in [-0.15, -0.1) is 0 Å². The fourth-order valence-corrected chi connectivity index (χ4v) is 2.88. The Morgan fingerprint density at radius 1 is 1.09 bits per heavy atom. The molecule has 0 aliphatic rings. The van der Waals surface area contributed by atoms with Crippen LogP contribution in [0.2, 0.25) is 0 Å². The smallest absolute Gasteiger partial charge is 0.171 e. The van der Waals surface area contributed by atoms with Crippen LogP contribution < -0.4 is 10.6 Å². The van der Waals surface area contributed by atoms with E-state index in [1.165, 1.54) is 22.8 Å². The van der Waals surface area contributed by atoms with Gasteiger partial charge in [0.2, 0.25) is 0 Å². The quantitative estimate of drug-likeness (QED) is 0.760. The SMILES string of the molecule is Cc1ccc([C@H](NC(=S)Nc2ccccc2F)C(C)C)c(C)c1. The molecule has 2 aromatic rings. The zero-order valence-electron chi connectivity index (χ0n) is 14.0. The molecular formula is C19H23FN2S. The van der Waals surface area contributed by atoms with Gasteiger partial charge in [-0.1, -0.05) is 49.7 Å². The largest absolute Gasteiger partial charge is 0.355 e. The summed E-state index contributed by atoms with van der Waals surface area (Å²) in [5, 5.41) is 6.69. The van der Waals surface area contributed by atoms with Gasteiger partial charge in [-0.3, -0.25) is 0 Å². The molecule has 0 spiro atoms. The maximum absolute atomic E-state index is 13.7. The lowest BCUT2D eigenvalue weighted by Gasteiger charge is -2.26. The molecule has 122 valence electrons. The van der Waals surface area contributed by atoms with Gasteiger partial charge in [0, 0.05) is 0 Å². The Morgan fingerprint density at radius 3 is 2.39 bits per heavy atom. The maximum atomic E-state index is 13.7. The van der Waals surface area contributed by atoms with E-state index in [9.17, 15) is 4.39 Å². The number of thiocarbonyl (C=S) groups is 1. The van der Waals surface area contributed by atoms with Gasteiger partial charge in [0.25, 0.3) is 0 Å². The van der Waals surface area contributed by atoms with Gasteiger partial charge < -0.3 is 10.6 Å². The summed E-state index contributed by atoms with van der Waals surface area (Å²) < 4.78 is 13.7. The highest BCUT2D eigenvalue weighted by molar-refractivity contribution is 7.80. The average molecular weight is 330 g/mol. The van der Waals surface area contributed by atoms with E-state index in [0.717, 1.165) is 0 Å². The molecule has 0 fully saturated rings. The van der Waals surface area contributed by atoms with Crippen molar-refractivity contribution in [2.45, 2.75) is 33.7 Å². The predicted octanol–water partition coefficient (Wildman–Crippen LogP) is 5.13. The number of anilines is 1. The first-order valence-electron chi connectivity index (χ1n) is 7.77. The molecule has 0 aliphatic heterocycles. The molecular weight excluding hydrogens is 307 g/mol. The summed E-state index contributed by atoms with van der Waals surface area (Å²) in [6, 6.07) is 13.0. The van der Waals surface area contributed by atoms with Crippen LogP contribution in [-0.2, 0) is 0 Å². The molecule has 2 aromatic carbocycles. The summed E-state index contributed by atoms with van der Waals surface area (Å²) in [5.41, 5.74) is 4.06. The van der Waals surface area contributed by atoms with Crippen molar-refractivity contribution in [1.82, 2.24) is 5.32 Å². The van der Waals surface area contributed by atoms with Gasteiger partial charge in [0.05, 0.1) is 11.7 Å². The Balaban J connectivity index is 2.16. The van der Waals surface area contributed by atoms with Crippen LogP contribution >= 0.6 is 12.2 Å². The van der Waals surface area contributed by atoms with Crippen molar-refractivity contribution < 1.29 is 4.39 Å². The normalized spacial score (nSPS) is 12.1. The number of para-hydroxylation sites is 1. The summed E-state index contributed by atoms with van der Waals surface area (Å²) in [6.45, 7) is 8.47. The van der Waals surface area contributed by atoms with Crippen molar-refractivity contribution in [3.8, 4) is 0 Å². The van der Waals surface area contributed by atoms with Gasteiger partial charge in [0.15, 0.2) is 5.11 Å². The second-order valence-electron chi connectivity index (χ2n) is 6.16. The van der Waals surface area contributed by atoms with E-state index in [1.54, 1.807) is 18.2 Å². The van der Waals surface area contributed by atoms with Gasteiger partial charge in [-0.05, 0) is 55.2 Å². The fourth-order valence-electron chi connectivity index (χ4n) is 2.64. The monoisotopic (exact) mass is 330 g/mol. The molecule has 0 unspecified atom stereocenters. The summed E-state index contributed by atoms with van der Waals surface area (Å²) in [6.07, 6.45) is 0. The Kier molecular flexibility index (Phi) is 5.72. The van der Waals surface area contributed by atoms with Crippen LogP contribution in [0, 0.1) is 25.6 Å². The molecule has 0 radical (unpaired) electrons. The van der Waals surface area contributed by atoms with Gasteiger partial charge in [-0.25, -0.2) is 4.39 Å². The standard InChI is InChI=1S/C19H23FN2S/c1-12(2)18(15-10-9-13(3)11-14(15)4)22-19(23)21-17-8-6-5-7-16(17)20/h5-12,18H,1-4H3,(H2,21,22,23)/t18-/m1/s1. The molecule has 2 nitrogen and oxygen atoms in total. The zero-order valence-corrected chi connectivity index (χ0v) is 14.8. The number of halogens is 1. The van der Waals surface area contributed by atoms with E-state index in [2.05, 4.69) is 56.5 Å². The van der Waals surface area contributed by atoms with E-state index in [4.69, 9.17) is 12.2 Å². The minimum Gasteiger partial charge on any atom is -0.355 e. The molecule has 2 rings (SSSR count). The maximum Gasteiger partial charge on any atom is 0.171 e. The summed E-state index contributed by atoms with van der Waals surface area (Å²) >= 11 is 5.37. The molecule has 0 heterocycles. The third kappa shape index (κ3) is 4.52. The van der Waals surface area contributed by atoms with Gasteiger partial charge in [0.1, 0.15) is 5.82 Å². The molecule has 23 heavy (non-hydrogen) atoms. The highest BCUT2D eigenvalue weighted by Gasteiger charge is 2.19. The number of hydrogen-bond acceptors (Lipinski definition) is 1. The van der Waals surface area contributed by atoms with Crippen molar-refractivity contribution in [2.24, 2.45) is 5.92 Å². The van der Waals surface area contributed by atoms with Gasteiger partial charge in [-0.2, -0.15) is 0 Å². The molecule has 0 aromatic heterocycles. The molecule has 0 saturated heterocycles. The first-order chi connectivity index (χ1) is 10.9. The van der Waals surface area contributed by atoms with Crippen LogP contribution in [0.25, 0.3) is 0 Å². The second kappa shape index (κ2) is 7.55. The molecule has 1 atom stereocenters. The first-order valence-corrected chi connectivity index (χ1v) is 8.18. The van der Waals surface area contributed by atoms with E-state index >= 15 is 0 Å². The topological polar surface area (TPSA) is 24.1 Å². The lowest BCUT2D eigenvalue weighted by atomic mass is 9.92. The Labute approximate surface area is 143 Å². The number of aryl methyl sites for hydroxylation is 2.